The van der Waals surface area contributed by atoms with Gasteiger partial charge in [-0.2, -0.15) is 4.31 Å². The second kappa shape index (κ2) is 8.12. The Kier molecular flexibility index (Phi) is 5.88. The molecule has 1 heterocycles. The van der Waals surface area contributed by atoms with Crippen LogP contribution in [0.5, 0.6) is 0 Å². The maximum absolute atomic E-state index is 13.0. The van der Waals surface area contributed by atoms with E-state index in [-0.39, 0.29) is 11.4 Å². The molecule has 0 aliphatic heterocycles. The number of benzene rings is 2. The van der Waals surface area contributed by atoms with E-state index in [1.54, 1.807) is 0 Å². The number of aromatic nitrogens is 2. The zero-order valence-corrected chi connectivity index (χ0v) is 18.8. The molecule has 1 amide bonds. The number of anilines is 1. The minimum atomic E-state index is -4.02. The van der Waals surface area contributed by atoms with Gasteiger partial charge in [0.05, 0.1) is 22.5 Å². The van der Waals surface area contributed by atoms with Gasteiger partial charge in [0.15, 0.2) is 0 Å². The van der Waals surface area contributed by atoms with Crippen molar-refractivity contribution in [3.8, 4) is 0 Å². The summed E-state index contributed by atoms with van der Waals surface area (Å²) < 4.78 is 29.3. The van der Waals surface area contributed by atoms with E-state index >= 15 is 0 Å². The second-order valence-corrected chi connectivity index (χ2v) is 9.55. The van der Waals surface area contributed by atoms with Crippen LogP contribution in [0.25, 0.3) is 11.0 Å². The number of nitrogens with one attached hydrogen (secondary N) is 1. The molecule has 2 aromatic carbocycles. The first-order chi connectivity index (χ1) is 14.4. The van der Waals surface area contributed by atoms with Crippen molar-refractivity contribution >= 4 is 32.7 Å². The van der Waals surface area contributed by atoms with Gasteiger partial charge in [0.25, 0.3) is 0 Å². The Morgan fingerprint density at radius 3 is 2.23 bits per heavy atom. The zero-order valence-electron chi connectivity index (χ0n) is 18.0. The minimum Gasteiger partial charge on any atom is -0.325 e. The lowest BCUT2D eigenvalue weighted by Crippen LogP contribution is -2.39. The van der Waals surface area contributed by atoms with Gasteiger partial charge < -0.3 is 14.5 Å². The summed E-state index contributed by atoms with van der Waals surface area (Å²) in [6.07, 6.45) is 0. The molecule has 1 N–H and O–H groups in total. The van der Waals surface area contributed by atoms with E-state index in [1.165, 1.54) is 43.9 Å². The molecule has 0 saturated carbocycles. The monoisotopic (exact) mass is 444 g/mol. The topological polar surface area (TPSA) is 110 Å². The molecule has 3 rings (SSSR count). The van der Waals surface area contributed by atoms with Crippen LogP contribution in [0.1, 0.15) is 11.1 Å². The smallest absolute Gasteiger partial charge is 0.316 e. The highest BCUT2D eigenvalue weighted by Gasteiger charge is 2.24. The van der Waals surface area contributed by atoms with E-state index in [0.29, 0.717) is 16.7 Å². The summed E-state index contributed by atoms with van der Waals surface area (Å²) in [6.45, 7) is 3.36. The van der Waals surface area contributed by atoms with Crippen molar-refractivity contribution in [3.63, 3.8) is 0 Å². The molecule has 0 saturated heterocycles. The molecule has 0 radical (unpaired) electrons. The van der Waals surface area contributed by atoms with Crippen LogP contribution < -0.4 is 16.4 Å². The van der Waals surface area contributed by atoms with Crippen LogP contribution in [0.2, 0.25) is 0 Å². The van der Waals surface area contributed by atoms with Crippen LogP contribution in [0, 0.1) is 13.8 Å². The summed E-state index contributed by atoms with van der Waals surface area (Å²) in [5, 5.41) is 2.74. The average Bonchev–Trinajstić information content (AvgIpc) is 2.72. The molecule has 164 valence electrons. The Labute approximate surface area is 179 Å². The van der Waals surface area contributed by atoms with E-state index < -0.39 is 27.0 Å². The molecular formula is C21H24N4O5S. The van der Waals surface area contributed by atoms with Crippen molar-refractivity contribution in [2.24, 2.45) is 14.1 Å². The van der Waals surface area contributed by atoms with E-state index in [9.17, 15) is 22.8 Å². The van der Waals surface area contributed by atoms with Gasteiger partial charge in [-0.05, 0) is 49.2 Å². The summed E-state index contributed by atoms with van der Waals surface area (Å²) in [6, 6.07) is 9.75. The Morgan fingerprint density at radius 2 is 1.58 bits per heavy atom. The largest absolute Gasteiger partial charge is 0.325 e. The Hall–Kier alpha value is -3.24. The molecule has 3 aromatic rings. The number of carbonyl (C=O) groups is 1. The maximum atomic E-state index is 13.0. The molecule has 0 fully saturated rings. The van der Waals surface area contributed by atoms with Gasteiger partial charge in [-0.3, -0.25) is 14.4 Å². The Bertz CT molecular complexity index is 1420. The molecule has 1 aromatic heterocycles. The van der Waals surface area contributed by atoms with Gasteiger partial charge in [-0.15, -0.1) is 0 Å². The number of hydrogen-bond donors (Lipinski definition) is 1. The molecular weight excluding hydrogens is 420 g/mol. The first kappa shape index (κ1) is 22.4. The molecule has 0 aliphatic rings. The standard InChI is InChI=1S/C21H24N4O5S/c1-13-6-7-14(2)16(10-13)22-19(26)12-23(3)31(29,30)15-8-9-17-18(11-15)25(5)21(28)20(27)24(17)4/h6-11H,12H2,1-5H3,(H,22,26). The van der Waals surface area contributed by atoms with E-state index in [2.05, 4.69) is 5.32 Å². The summed E-state index contributed by atoms with van der Waals surface area (Å²) >= 11 is 0. The quantitative estimate of drug-likeness (QED) is 0.593. The summed E-state index contributed by atoms with van der Waals surface area (Å²) in [7, 11) is 0.144. The van der Waals surface area contributed by atoms with Gasteiger partial charge in [-0.1, -0.05) is 12.1 Å². The Morgan fingerprint density at radius 1 is 0.968 bits per heavy atom. The second-order valence-electron chi connectivity index (χ2n) is 7.51. The highest BCUT2D eigenvalue weighted by molar-refractivity contribution is 7.89. The third-order valence-electron chi connectivity index (χ3n) is 5.20. The van der Waals surface area contributed by atoms with Crippen molar-refractivity contribution in [2.75, 3.05) is 18.9 Å². The molecule has 31 heavy (non-hydrogen) atoms. The van der Waals surface area contributed by atoms with Crippen LogP contribution in [0.4, 0.5) is 5.69 Å². The first-order valence-corrected chi connectivity index (χ1v) is 10.9. The summed E-state index contributed by atoms with van der Waals surface area (Å²) in [5.74, 6) is -0.477. The van der Waals surface area contributed by atoms with Gasteiger partial charge in [0, 0.05) is 26.8 Å². The molecule has 9 nitrogen and oxygen atoms in total. The number of rotatable bonds is 5. The zero-order chi connectivity index (χ0) is 23.1. The van der Waals surface area contributed by atoms with Crippen molar-refractivity contribution in [1.29, 1.82) is 0 Å². The number of amides is 1. The fraction of sp³-hybridized carbons (Fsp3) is 0.286. The number of likely N-dealkylation sites (N-methyl/N-ethyl adjacent to an activating group) is 1. The van der Waals surface area contributed by atoms with Crippen molar-refractivity contribution in [3.05, 3.63) is 68.2 Å². The van der Waals surface area contributed by atoms with Crippen LogP contribution in [-0.2, 0) is 28.9 Å². The Balaban J connectivity index is 1.91. The number of aryl methyl sites for hydroxylation is 4. The fourth-order valence-corrected chi connectivity index (χ4v) is 4.40. The van der Waals surface area contributed by atoms with Crippen molar-refractivity contribution in [2.45, 2.75) is 18.7 Å². The van der Waals surface area contributed by atoms with Gasteiger partial charge >= 0.3 is 11.1 Å². The van der Waals surface area contributed by atoms with Crippen LogP contribution in [0.15, 0.2) is 50.9 Å². The van der Waals surface area contributed by atoms with Gasteiger partial charge in [0.1, 0.15) is 0 Å². The highest BCUT2D eigenvalue weighted by atomic mass is 32.2. The molecule has 0 unspecified atom stereocenters. The lowest BCUT2D eigenvalue weighted by Gasteiger charge is -2.18. The van der Waals surface area contributed by atoms with Crippen LogP contribution in [0.3, 0.4) is 0 Å². The number of nitrogens with zero attached hydrogens (tertiary/aromatic N) is 3. The van der Waals surface area contributed by atoms with Crippen molar-refractivity contribution in [1.82, 2.24) is 13.4 Å². The lowest BCUT2D eigenvalue weighted by atomic mass is 10.1. The molecule has 0 spiro atoms. The molecule has 0 aliphatic carbocycles. The van der Waals surface area contributed by atoms with E-state index in [0.717, 1.165) is 20.0 Å². The number of fused-ring (bicyclic) bond motifs is 1. The summed E-state index contributed by atoms with van der Waals surface area (Å²) in [5.41, 5.74) is 1.71. The highest BCUT2D eigenvalue weighted by Crippen LogP contribution is 2.20. The predicted octanol–water partition coefficient (Wildman–Crippen LogP) is 1.11. The fourth-order valence-electron chi connectivity index (χ4n) is 3.25. The summed E-state index contributed by atoms with van der Waals surface area (Å²) in [4.78, 5) is 36.4. The maximum Gasteiger partial charge on any atom is 0.316 e. The normalized spacial score (nSPS) is 11.8. The first-order valence-electron chi connectivity index (χ1n) is 9.46. The molecule has 0 atom stereocenters. The van der Waals surface area contributed by atoms with Gasteiger partial charge in [0.2, 0.25) is 15.9 Å². The van der Waals surface area contributed by atoms with E-state index in [1.807, 2.05) is 32.0 Å². The molecule has 0 bridgehead atoms. The minimum absolute atomic E-state index is 0.0873. The SMILES string of the molecule is Cc1ccc(C)c(NC(=O)CN(C)S(=O)(=O)c2ccc3c(c2)n(C)c(=O)c(=O)n3C)c1. The van der Waals surface area contributed by atoms with Crippen molar-refractivity contribution < 1.29 is 13.2 Å². The van der Waals surface area contributed by atoms with Crippen LogP contribution in [-0.4, -0.2) is 41.4 Å². The average molecular weight is 445 g/mol. The van der Waals surface area contributed by atoms with E-state index in [4.69, 9.17) is 0 Å². The lowest BCUT2D eigenvalue weighted by molar-refractivity contribution is -0.116. The van der Waals surface area contributed by atoms with Crippen LogP contribution >= 0.6 is 0 Å². The van der Waals surface area contributed by atoms with Gasteiger partial charge in [-0.25, -0.2) is 8.42 Å². The number of hydrogen-bond acceptors (Lipinski definition) is 5. The predicted molar refractivity (Wildman–Crippen MR) is 119 cm³/mol. The number of carbonyl (C=O) groups excluding carboxylic acids is 1. The molecule has 10 heteroatoms. The third-order valence-corrected chi connectivity index (χ3v) is 7.00. The third kappa shape index (κ3) is 4.17. The number of sulfonamides is 1.